The van der Waals surface area contributed by atoms with Crippen LogP contribution in [0.25, 0.3) is 0 Å². The van der Waals surface area contributed by atoms with Crippen molar-refractivity contribution in [1.29, 1.82) is 0 Å². The second kappa shape index (κ2) is 7.99. The molecule has 2 rings (SSSR count). The molecule has 0 saturated heterocycles. The third-order valence-electron chi connectivity index (χ3n) is 3.75. The molecular formula is C17H21ClN2O2. The summed E-state index contributed by atoms with van der Waals surface area (Å²) in [5.41, 5.74) is 2.81. The third kappa shape index (κ3) is 4.88. The Morgan fingerprint density at radius 2 is 2.05 bits per heavy atom. The lowest BCUT2D eigenvalue weighted by atomic mass is 9.97. The smallest absolute Gasteiger partial charge is 0.313 e. The van der Waals surface area contributed by atoms with E-state index in [4.69, 9.17) is 11.6 Å². The normalized spacial score (nSPS) is 14.2. The highest BCUT2D eigenvalue weighted by Crippen LogP contribution is 2.20. The van der Waals surface area contributed by atoms with Gasteiger partial charge in [0.15, 0.2) is 0 Å². The minimum atomic E-state index is -0.669. The topological polar surface area (TPSA) is 58.2 Å². The van der Waals surface area contributed by atoms with Crippen LogP contribution in [0.3, 0.4) is 0 Å². The fraction of sp³-hybridized carbons (Fsp3) is 0.412. The van der Waals surface area contributed by atoms with Crippen molar-refractivity contribution in [1.82, 2.24) is 5.32 Å². The average Bonchev–Trinajstić information content (AvgIpc) is 2.52. The van der Waals surface area contributed by atoms with Gasteiger partial charge in [-0.05, 0) is 56.7 Å². The summed E-state index contributed by atoms with van der Waals surface area (Å²) >= 11 is 5.99. The SMILES string of the molecule is Cc1ccc(NC(=O)C(=O)NCCC2=CCCCC2)cc1Cl. The number of hydrogen-bond acceptors (Lipinski definition) is 2. The summed E-state index contributed by atoms with van der Waals surface area (Å²) in [5.74, 6) is -1.29. The molecule has 2 amide bonds. The van der Waals surface area contributed by atoms with Crippen LogP contribution in [0.15, 0.2) is 29.8 Å². The summed E-state index contributed by atoms with van der Waals surface area (Å²) < 4.78 is 0. The van der Waals surface area contributed by atoms with Gasteiger partial charge in [0.25, 0.3) is 0 Å². The maximum Gasteiger partial charge on any atom is 0.313 e. The Morgan fingerprint density at radius 1 is 1.23 bits per heavy atom. The second-order valence-corrected chi connectivity index (χ2v) is 5.94. The van der Waals surface area contributed by atoms with Crippen molar-refractivity contribution >= 4 is 29.1 Å². The van der Waals surface area contributed by atoms with Crippen molar-refractivity contribution < 1.29 is 9.59 Å². The second-order valence-electron chi connectivity index (χ2n) is 5.53. The Balaban J connectivity index is 1.78. The molecule has 5 heteroatoms. The zero-order valence-corrected chi connectivity index (χ0v) is 13.5. The average molecular weight is 321 g/mol. The van der Waals surface area contributed by atoms with Crippen LogP contribution in [0, 0.1) is 6.92 Å². The molecule has 22 heavy (non-hydrogen) atoms. The fourth-order valence-corrected chi connectivity index (χ4v) is 2.59. The molecule has 0 bridgehead atoms. The maximum absolute atomic E-state index is 11.8. The van der Waals surface area contributed by atoms with E-state index in [1.54, 1.807) is 18.2 Å². The van der Waals surface area contributed by atoms with Gasteiger partial charge >= 0.3 is 11.8 Å². The van der Waals surface area contributed by atoms with Gasteiger partial charge in [-0.25, -0.2) is 0 Å². The van der Waals surface area contributed by atoms with Crippen molar-refractivity contribution in [2.45, 2.75) is 39.0 Å². The molecule has 4 nitrogen and oxygen atoms in total. The van der Waals surface area contributed by atoms with Crippen molar-refractivity contribution in [3.8, 4) is 0 Å². The van der Waals surface area contributed by atoms with Crippen LogP contribution in [-0.2, 0) is 9.59 Å². The zero-order chi connectivity index (χ0) is 15.9. The highest BCUT2D eigenvalue weighted by atomic mass is 35.5. The maximum atomic E-state index is 11.8. The molecule has 1 aliphatic carbocycles. The molecule has 0 fully saturated rings. The number of benzene rings is 1. The predicted molar refractivity (Wildman–Crippen MR) is 89.0 cm³/mol. The van der Waals surface area contributed by atoms with E-state index in [1.165, 1.54) is 18.4 Å². The molecule has 0 radical (unpaired) electrons. The van der Waals surface area contributed by atoms with Crippen LogP contribution in [0.2, 0.25) is 5.02 Å². The lowest BCUT2D eigenvalue weighted by Crippen LogP contribution is -2.36. The first-order chi connectivity index (χ1) is 10.6. The van der Waals surface area contributed by atoms with E-state index in [-0.39, 0.29) is 0 Å². The lowest BCUT2D eigenvalue weighted by Gasteiger charge is -2.13. The molecule has 2 N–H and O–H groups in total. The van der Waals surface area contributed by atoms with E-state index in [1.807, 2.05) is 6.92 Å². The number of amides is 2. The molecule has 0 saturated carbocycles. The monoisotopic (exact) mass is 320 g/mol. The van der Waals surface area contributed by atoms with Gasteiger partial charge in [-0.2, -0.15) is 0 Å². The zero-order valence-electron chi connectivity index (χ0n) is 12.7. The van der Waals surface area contributed by atoms with Crippen LogP contribution in [-0.4, -0.2) is 18.4 Å². The van der Waals surface area contributed by atoms with Gasteiger partial charge in [0.05, 0.1) is 0 Å². The number of hydrogen-bond donors (Lipinski definition) is 2. The molecule has 0 aromatic heterocycles. The molecule has 0 heterocycles. The first-order valence-corrected chi connectivity index (χ1v) is 7.97. The van der Waals surface area contributed by atoms with E-state index in [2.05, 4.69) is 16.7 Å². The third-order valence-corrected chi connectivity index (χ3v) is 4.16. The van der Waals surface area contributed by atoms with Gasteiger partial charge in [-0.3, -0.25) is 9.59 Å². The van der Waals surface area contributed by atoms with Gasteiger partial charge in [-0.1, -0.05) is 29.3 Å². The highest BCUT2D eigenvalue weighted by Gasteiger charge is 2.14. The van der Waals surface area contributed by atoms with E-state index in [0.717, 1.165) is 24.8 Å². The Labute approximate surface area is 135 Å². The molecule has 0 atom stereocenters. The van der Waals surface area contributed by atoms with E-state index in [0.29, 0.717) is 17.3 Å². The summed E-state index contributed by atoms with van der Waals surface area (Å²) in [6.45, 7) is 2.37. The number of allylic oxidation sites excluding steroid dienone is 1. The predicted octanol–water partition coefficient (Wildman–Crippen LogP) is 3.59. The number of rotatable bonds is 4. The van der Waals surface area contributed by atoms with Crippen molar-refractivity contribution in [3.63, 3.8) is 0 Å². The number of nitrogens with one attached hydrogen (secondary N) is 2. The Morgan fingerprint density at radius 3 is 2.73 bits per heavy atom. The minimum Gasteiger partial charge on any atom is -0.348 e. The summed E-state index contributed by atoms with van der Waals surface area (Å²) in [4.78, 5) is 23.6. The van der Waals surface area contributed by atoms with Gasteiger partial charge < -0.3 is 10.6 Å². The first-order valence-electron chi connectivity index (χ1n) is 7.59. The summed E-state index contributed by atoms with van der Waals surface area (Å²) in [5, 5.41) is 5.76. The number of anilines is 1. The molecule has 1 aromatic carbocycles. The van der Waals surface area contributed by atoms with Crippen molar-refractivity contribution in [3.05, 3.63) is 40.4 Å². The molecule has 0 aliphatic heterocycles. The van der Waals surface area contributed by atoms with Crippen molar-refractivity contribution in [2.75, 3.05) is 11.9 Å². The van der Waals surface area contributed by atoms with Crippen LogP contribution < -0.4 is 10.6 Å². The molecule has 1 aliphatic rings. The van der Waals surface area contributed by atoms with E-state index < -0.39 is 11.8 Å². The van der Waals surface area contributed by atoms with Crippen LogP contribution in [0.5, 0.6) is 0 Å². The van der Waals surface area contributed by atoms with E-state index >= 15 is 0 Å². The first kappa shape index (κ1) is 16.6. The molecular weight excluding hydrogens is 300 g/mol. The van der Waals surface area contributed by atoms with Crippen LogP contribution in [0.1, 0.15) is 37.7 Å². The Hall–Kier alpha value is -1.81. The number of carbonyl (C=O) groups is 2. The number of aryl methyl sites for hydroxylation is 1. The van der Waals surface area contributed by atoms with Gasteiger partial charge in [-0.15, -0.1) is 0 Å². The fourth-order valence-electron chi connectivity index (χ4n) is 2.41. The Kier molecular flexibility index (Phi) is 6.01. The van der Waals surface area contributed by atoms with Gasteiger partial charge in [0.2, 0.25) is 0 Å². The van der Waals surface area contributed by atoms with Crippen LogP contribution >= 0.6 is 11.6 Å². The lowest BCUT2D eigenvalue weighted by molar-refractivity contribution is -0.136. The highest BCUT2D eigenvalue weighted by molar-refractivity contribution is 6.39. The molecule has 0 spiro atoms. The van der Waals surface area contributed by atoms with Gasteiger partial charge in [0.1, 0.15) is 0 Å². The summed E-state index contributed by atoms with van der Waals surface area (Å²) in [6.07, 6.45) is 7.74. The Bertz CT molecular complexity index is 596. The largest absolute Gasteiger partial charge is 0.348 e. The standard InChI is InChI=1S/C17H21ClN2O2/c1-12-7-8-14(11-15(12)18)20-17(22)16(21)19-10-9-13-5-3-2-4-6-13/h5,7-8,11H,2-4,6,9-10H2,1H3,(H,19,21)(H,20,22). The van der Waals surface area contributed by atoms with E-state index in [9.17, 15) is 9.59 Å². The summed E-state index contributed by atoms with van der Waals surface area (Å²) in [7, 11) is 0. The molecule has 0 unspecified atom stereocenters. The summed E-state index contributed by atoms with van der Waals surface area (Å²) in [6, 6.07) is 5.15. The minimum absolute atomic E-state index is 0.493. The molecule has 118 valence electrons. The quantitative estimate of drug-likeness (QED) is 0.658. The molecule has 1 aromatic rings. The number of carbonyl (C=O) groups excluding carboxylic acids is 2. The number of halogens is 1. The van der Waals surface area contributed by atoms with Crippen molar-refractivity contribution in [2.24, 2.45) is 0 Å². The van der Waals surface area contributed by atoms with Crippen LogP contribution in [0.4, 0.5) is 5.69 Å². The van der Waals surface area contributed by atoms with Gasteiger partial charge in [0, 0.05) is 17.3 Å².